The predicted octanol–water partition coefficient (Wildman–Crippen LogP) is 2.94. The van der Waals surface area contributed by atoms with Gasteiger partial charge in [-0.15, -0.1) is 0 Å². The van der Waals surface area contributed by atoms with Crippen molar-refractivity contribution in [2.45, 2.75) is 37.8 Å². The lowest BCUT2D eigenvalue weighted by atomic mass is 10.1. The second kappa shape index (κ2) is 5.82. The number of hydrogen-bond donors (Lipinski definition) is 1. The Morgan fingerprint density at radius 1 is 1.40 bits per heavy atom. The van der Waals surface area contributed by atoms with Crippen LogP contribution in [0.1, 0.15) is 36.0 Å². The van der Waals surface area contributed by atoms with Gasteiger partial charge in [-0.2, -0.15) is 0 Å². The molecule has 2 aliphatic rings. The number of rotatable bonds is 4. The SMILES string of the molecule is O=C(c1ccc(F)c(Br)c1)N(CC1CCCN1)C1CC1. The van der Waals surface area contributed by atoms with Gasteiger partial charge in [0.15, 0.2) is 0 Å². The fraction of sp³-hybridized carbons (Fsp3) is 0.533. The molecule has 1 aromatic carbocycles. The van der Waals surface area contributed by atoms with Crippen molar-refractivity contribution in [3.8, 4) is 0 Å². The van der Waals surface area contributed by atoms with E-state index in [9.17, 15) is 9.18 Å². The number of carbonyl (C=O) groups excluding carboxylic acids is 1. The van der Waals surface area contributed by atoms with E-state index in [4.69, 9.17) is 0 Å². The van der Waals surface area contributed by atoms with Crippen LogP contribution in [0.3, 0.4) is 0 Å². The van der Waals surface area contributed by atoms with Crippen LogP contribution in [-0.2, 0) is 0 Å². The zero-order valence-electron chi connectivity index (χ0n) is 11.2. The molecule has 108 valence electrons. The summed E-state index contributed by atoms with van der Waals surface area (Å²) in [6.07, 6.45) is 4.48. The third-order valence-electron chi connectivity index (χ3n) is 3.99. The average Bonchev–Trinajstić information content (AvgIpc) is 3.15. The minimum absolute atomic E-state index is 0.0156. The Balaban J connectivity index is 1.75. The van der Waals surface area contributed by atoms with E-state index in [0.717, 1.165) is 32.4 Å². The molecule has 1 aromatic rings. The molecular formula is C15H18BrFN2O. The van der Waals surface area contributed by atoms with Gasteiger partial charge in [-0.05, 0) is 66.4 Å². The van der Waals surface area contributed by atoms with E-state index in [1.54, 1.807) is 12.1 Å². The molecule has 1 saturated carbocycles. The highest BCUT2D eigenvalue weighted by Gasteiger charge is 2.35. The minimum atomic E-state index is -0.336. The first kappa shape index (κ1) is 14.0. The Morgan fingerprint density at radius 3 is 2.80 bits per heavy atom. The number of nitrogens with one attached hydrogen (secondary N) is 1. The van der Waals surface area contributed by atoms with Gasteiger partial charge in [-0.1, -0.05) is 0 Å². The maximum Gasteiger partial charge on any atom is 0.254 e. The van der Waals surface area contributed by atoms with Gasteiger partial charge in [-0.3, -0.25) is 4.79 Å². The van der Waals surface area contributed by atoms with Crippen molar-refractivity contribution >= 4 is 21.8 Å². The van der Waals surface area contributed by atoms with Crippen molar-refractivity contribution in [3.05, 3.63) is 34.1 Å². The fourth-order valence-corrected chi connectivity index (χ4v) is 3.11. The second-order valence-electron chi connectivity index (χ2n) is 5.61. The molecule has 0 bridgehead atoms. The van der Waals surface area contributed by atoms with Crippen molar-refractivity contribution in [1.82, 2.24) is 10.2 Å². The summed E-state index contributed by atoms with van der Waals surface area (Å²) in [5.41, 5.74) is 0.558. The van der Waals surface area contributed by atoms with Crippen LogP contribution in [0, 0.1) is 5.82 Å². The Kier molecular flexibility index (Phi) is 4.08. The third-order valence-corrected chi connectivity index (χ3v) is 4.60. The third kappa shape index (κ3) is 3.04. The summed E-state index contributed by atoms with van der Waals surface area (Å²) in [4.78, 5) is 14.6. The second-order valence-corrected chi connectivity index (χ2v) is 6.47. The zero-order chi connectivity index (χ0) is 14.1. The molecule has 1 atom stereocenters. The monoisotopic (exact) mass is 340 g/mol. The van der Waals surface area contributed by atoms with Gasteiger partial charge >= 0.3 is 0 Å². The molecule has 20 heavy (non-hydrogen) atoms. The maximum atomic E-state index is 13.3. The summed E-state index contributed by atoms with van der Waals surface area (Å²) in [6.45, 7) is 1.80. The molecule has 0 aromatic heterocycles. The van der Waals surface area contributed by atoms with E-state index in [0.29, 0.717) is 22.1 Å². The largest absolute Gasteiger partial charge is 0.334 e. The van der Waals surface area contributed by atoms with E-state index >= 15 is 0 Å². The Bertz CT molecular complexity index is 513. The summed E-state index contributed by atoms with van der Waals surface area (Å²) in [5, 5.41) is 3.43. The first-order chi connectivity index (χ1) is 9.65. The van der Waals surface area contributed by atoms with Crippen molar-refractivity contribution in [2.75, 3.05) is 13.1 Å². The number of halogens is 2. The molecule has 1 amide bonds. The Morgan fingerprint density at radius 2 is 2.20 bits per heavy atom. The normalized spacial score (nSPS) is 22.0. The van der Waals surface area contributed by atoms with Gasteiger partial charge in [0.25, 0.3) is 5.91 Å². The van der Waals surface area contributed by atoms with Gasteiger partial charge < -0.3 is 10.2 Å². The van der Waals surface area contributed by atoms with Gasteiger partial charge in [0, 0.05) is 24.2 Å². The van der Waals surface area contributed by atoms with Crippen molar-refractivity contribution in [3.63, 3.8) is 0 Å². The van der Waals surface area contributed by atoms with E-state index in [-0.39, 0.29) is 11.7 Å². The van der Waals surface area contributed by atoms with Crippen molar-refractivity contribution < 1.29 is 9.18 Å². The van der Waals surface area contributed by atoms with E-state index in [1.165, 1.54) is 12.5 Å². The lowest BCUT2D eigenvalue weighted by molar-refractivity contribution is 0.0728. The molecule has 1 aliphatic heterocycles. The lowest BCUT2D eigenvalue weighted by Crippen LogP contribution is -2.42. The van der Waals surface area contributed by atoms with Crippen LogP contribution in [-0.4, -0.2) is 36.0 Å². The summed E-state index contributed by atoms with van der Waals surface area (Å²) < 4.78 is 13.6. The van der Waals surface area contributed by atoms with Crippen LogP contribution >= 0.6 is 15.9 Å². The lowest BCUT2D eigenvalue weighted by Gasteiger charge is -2.26. The summed E-state index contributed by atoms with van der Waals surface area (Å²) in [6, 6.07) is 5.27. The first-order valence-corrected chi connectivity index (χ1v) is 7.94. The number of hydrogen-bond acceptors (Lipinski definition) is 2. The average molecular weight is 341 g/mol. The molecular weight excluding hydrogens is 323 g/mol. The highest BCUT2D eigenvalue weighted by atomic mass is 79.9. The van der Waals surface area contributed by atoms with Crippen LogP contribution in [0.15, 0.2) is 22.7 Å². The molecule has 3 nitrogen and oxygen atoms in total. The van der Waals surface area contributed by atoms with Gasteiger partial charge in [0.1, 0.15) is 5.82 Å². The van der Waals surface area contributed by atoms with E-state index < -0.39 is 0 Å². The number of benzene rings is 1. The van der Waals surface area contributed by atoms with Crippen LogP contribution in [0.4, 0.5) is 4.39 Å². The van der Waals surface area contributed by atoms with Crippen molar-refractivity contribution in [2.24, 2.45) is 0 Å². The van der Waals surface area contributed by atoms with Crippen LogP contribution in [0.25, 0.3) is 0 Å². The zero-order valence-corrected chi connectivity index (χ0v) is 12.8. The molecule has 2 fully saturated rings. The smallest absolute Gasteiger partial charge is 0.254 e. The predicted molar refractivity (Wildman–Crippen MR) is 79.2 cm³/mol. The molecule has 1 N–H and O–H groups in total. The molecule has 1 aliphatic carbocycles. The van der Waals surface area contributed by atoms with E-state index in [2.05, 4.69) is 21.2 Å². The summed E-state index contributed by atoms with van der Waals surface area (Å²) in [7, 11) is 0. The summed E-state index contributed by atoms with van der Waals surface area (Å²) >= 11 is 3.15. The Labute approximate surface area is 126 Å². The minimum Gasteiger partial charge on any atom is -0.334 e. The molecule has 1 unspecified atom stereocenters. The van der Waals surface area contributed by atoms with Gasteiger partial charge in [0.05, 0.1) is 4.47 Å². The molecule has 3 rings (SSSR count). The standard InChI is InChI=1S/C15H18BrFN2O/c16-13-8-10(3-6-14(13)17)15(20)19(12-4-5-12)9-11-2-1-7-18-11/h3,6,8,11-12,18H,1-2,4-5,7,9H2. The first-order valence-electron chi connectivity index (χ1n) is 7.14. The molecule has 0 radical (unpaired) electrons. The molecule has 1 saturated heterocycles. The maximum absolute atomic E-state index is 13.3. The van der Waals surface area contributed by atoms with Gasteiger partial charge in [-0.25, -0.2) is 4.39 Å². The van der Waals surface area contributed by atoms with Crippen LogP contribution in [0.2, 0.25) is 0 Å². The fourth-order valence-electron chi connectivity index (χ4n) is 2.73. The van der Waals surface area contributed by atoms with E-state index in [1.807, 2.05) is 4.90 Å². The van der Waals surface area contributed by atoms with Gasteiger partial charge in [0.2, 0.25) is 0 Å². The molecule has 5 heteroatoms. The topological polar surface area (TPSA) is 32.3 Å². The molecule has 0 spiro atoms. The highest BCUT2D eigenvalue weighted by molar-refractivity contribution is 9.10. The number of nitrogens with zero attached hydrogens (tertiary/aromatic N) is 1. The molecule has 1 heterocycles. The Hall–Kier alpha value is -0.940. The van der Waals surface area contributed by atoms with Crippen molar-refractivity contribution in [1.29, 1.82) is 0 Å². The number of carbonyl (C=O) groups is 1. The number of amides is 1. The van der Waals surface area contributed by atoms with Crippen LogP contribution in [0.5, 0.6) is 0 Å². The van der Waals surface area contributed by atoms with Crippen LogP contribution < -0.4 is 5.32 Å². The quantitative estimate of drug-likeness (QED) is 0.913. The summed E-state index contributed by atoms with van der Waals surface area (Å²) in [5.74, 6) is -0.320. The highest BCUT2D eigenvalue weighted by Crippen LogP contribution is 2.30.